The number of hydrogen-bond acceptors (Lipinski definition) is 3. The summed E-state index contributed by atoms with van der Waals surface area (Å²) in [5.41, 5.74) is 8.09. The van der Waals surface area contributed by atoms with E-state index in [9.17, 15) is 0 Å². The molecule has 0 fully saturated rings. The average Bonchev–Trinajstić information content (AvgIpc) is 2.70. The van der Waals surface area contributed by atoms with E-state index in [-0.39, 0.29) is 0 Å². The molecule has 3 nitrogen and oxygen atoms in total. The number of rotatable bonds is 4. The standard InChI is InChI=1S/C17H21N3/c18-10-3-4-12-20-13-5-11-19-17-15-7-2-1-6-14(15)8-9-16(17)20/h1-2,5-9,13,19H,3-4,10-12,18H2. The van der Waals surface area contributed by atoms with E-state index in [0.29, 0.717) is 0 Å². The van der Waals surface area contributed by atoms with E-state index in [4.69, 9.17) is 5.73 Å². The Kier molecular flexibility index (Phi) is 3.88. The van der Waals surface area contributed by atoms with Gasteiger partial charge in [0.05, 0.1) is 11.4 Å². The van der Waals surface area contributed by atoms with Crippen molar-refractivity contribution >= 4 is 22.1 Å². The Balaban J connectivity index is 1.99. The minimum absolute atomic E-state index is 0.764. The molecule has 0 saturated heterocycles. The SMILES string of the molecule is NCCCCN1C=CCNc2c1ccc1ccccc21. The molecule has 1 aliphatic rings. The summed E-state index contributed by atoms with van der Waals surface area (Å²) in [4.78, 5) is 2.33. The van der Waals surface area contributed by atoms with Gasteiger partial charge in [0, 0.05) is 24.7 Å². The summed E-state index contributed by atoms with van der Waals surface area (Å²) < 4.78 is 0. The summed E-state index contributed by atoms with van der Waals surface area (Å²) in [7, 11) is 0. The molecule has 0 amide bonds. The number of fused-ring (bicyclic) bond motifs is 3. The molecule has 0 aliphatic carbocycles. The van der Waals surface area contributed by atoms with E-state index >= 15 is 0 Å². The van der Waals surface area contributed by atoms with Crippen LogP contribution in [0.5, 0.6) is 0 Å². The number of nitrogens with one attached hydrogen (secondary N) is 1. The first kappa shape index (κ1) is 13.0. The molecule has 20 heavy (non-hydrogen) atoms. The van der Waals surface area contributed by atoms with Gasteiger partial charge in [-0.05, 0) is 36.9 Å². The van der Waals surface area contributed by atoms with Gasteiger partial charge in [-0.25, -0.2) is 0 Å². The summed E-state index contributed by atoms with van der Waals surface area (Å²) in [5.74, 6) is 0. The van der Waals surface area contributed by atoms with Crippen molar-refractivity contribution in [2.45, 2.75) is 12.8 Å². The smallest absolute Gasteiger partial charge is 0.0663 e. The second-order valence-electron chi connectivity index (χ2n) is 5.14. The Morgan fingerprint density at radius 3 is 2.90 bits per heavy atom. The van der Waals surface area contributed by atoms with Crippen molar-refractivity contribution in [2.24, 2.45) is 5.73 Å². The molecule has 0 spiro atoms. The van der Waals surface area contributed by atoms with Crippen molar-refractivity contribution in [1.82, 2.24) is 0 Å². The Bertz CT molecular complexity index is 619. The van der Waals surface area contributed by atoms with Gasteiger partial charge in [0.2, 0.25) is 0 Å². The van der Waals surface area contributed by atoms with Crippen molar-refractivity contribution in [3.05, 3.63) is 48.7 Å². The molecule has 0 aromatic heterocycles. The van der Waals surface area contributed by atoms with Crippen molar-refractivity contribution in [2.75, 3.05) is 29.9 Å². The maximum atomic E-state index is 5.60. The first-order valence-corrected chi connectivity index (χ1v) is 7.29. The topological polar surface area (TPSA) is 41.3 Å². The highest BCUT2D eigenvalue weighted by molar-refractivity contribution is 6.00. The fourth-order valence-electron chi connectivity index (χ4n) is 2.73. The summed E-state index contributed by atoms with van der Waals surface area (Å²) in [6.07, 6.45) is 6.55. The van der Waals surface area contributed by atoms with Crippen LogP contribution in [0.4, 0.5) is 11.4 Å². The van der Waals surface area contributed by atoms with Crippen LogP contribution in [0, 0.1) is 0 Å². The van der Waals surface area contributed by atoms with Gasteiger partial charge in [0.1, 0.15) is 0 Å². The lowest BCUT2D eigenvalue weighted by molar-refractivity contribution is 0.740. The van der Waals surface area contributed by atoms with Gasteiger partial charge in [-0.1, -0.05) is 30.3 Å². The van der Waals surface area contributed by atoms with Crippen LogP contribution >= 0.6 is 0 Å². The third kappa shape index (κ3) is 2.49. The van der Waals surface area contributed by atoms with Gasteiger partial charge in [0.15, 0.2) is 0 Å². The highest BCUT2D eigenvalue weighted by Gasteiger charge is 2.13. The van der Waals surface area contributed by atoms with Crippen molar-refractivity contribution < 1.29 is 0 Å². The van der Waals surface area contributed by atoms with Crippen LogP contribution in [0.3, 0.4) is 0 Å². The molecule has 0 saturated carbocycles. The number of anilines is 2. The average molecular weight is 267 g/mol. The molecule has 0 bridgehead atoms. The molecular formula is C17H21N3. The van der Waals surface area contributed by atoms with Crippen molar-refractivity contribution in [3.8, 4) is 0 Å². The third-order valence-electron chi connectivity index (χ3n) is 3.75. The fourth-order valence-corrected chi connectivity index (χ4v) is 2.73. The fraction of sp³-hybridized carbons (Fsp3) is 0.294. The highest BCUT2D eigenvalue weighted by Crippen LogP contribution is 2.35. The molecule has 104 valence electrons. The van der Waals surface area contributed by atoms with Crippen LogP contribution in [0.15, 0.2) is 48.7 Å². The van der Waals surface area contributed by atoms with E-state index < -0.39 is 0 Å². The van der Waals surface area contributed by atoms with Crippen LogP contribution in [-0.4, -0.2) is 19.6 Å². The quantitative estimate of drug-likeness (QED) is 0.835. The van der Waals surface area contributed by atoms with E-state index in [1.165, 1.54) is 22.1 Å². The number of nitrogens with two attached hydrogens (primary N) is 1. The highest BCUT2D eigenvalue weighted by atomic mass is 15.1. The summed E-state index contributed by atoms with van der Waals surface area (Å²) in [6, 6.07) is 12.9. The van der Waals surface area contributed by atoms with Gasteiger partial charge in [-0.3, -0.25) is 0 Å². The minimum Gasteiger partial charge on any atom is -0.379 e. The van der Waals surface area contributed by atoms with Crippen molar-refractivity contribution in [1.29, 1.82) is 0 Å². The molecule has 0 atom stereocenters. The Labute approximate surface area is 120 Å². The van der Waals surface area contributed by atoms with Gasteiger partial charge in [-0.15, -0.1) is 0 Å². The normalized spacial score (nSPS) is 13.9. The molecule has 3 heteroatoms. The van der Waals surface area contributed by atoms with E-state index in [2.05, 4.69) is 58.9 Å². The Morgan fingerprint density at radius 1 is 1.10 bits per heavy atom. The summed E-state index contributed by atoms with van der Waals surface area (Å²) in [6.45, 7) is 2.65. The first-order chi connectivity index (χ1) is 9.90. The summed E-state index contributed by atoms with van der Waals surface area (Å²) >= 11 is 0. The van der Waals surface area contributed by atoms with E-state index in [1.807, 2.05) is 0 Å². The lowest BCUT2D eigenvalue weighted by atomic mass is 10.1. The van der Waals surface area contributed by atoms with Crippen LogP contribution in [0.2, 0.25) is 0 Å². The van der Waals surface area contributed by atoms with Gasteiger partial charge >= 0.3 is 0 Å². The molecule has 0 unspecified atom stereocenters. The Hall–Kier alpha value is -2.00. The lowest BCUT2D eigenvalue weighted by Gasteiger charge is -2.23. The number of hydrogen-bond donors (Lipinski definition) is 2. The van der Waals surface area contributed by atoms with Gasteiger partial charge < -0.3 is 16.0 Å². The predicted octanol–water partition coefficient (Wildman–Crippen LogP) is 3.32. The number of benzene rings is 2. The zero-order valence-electron chi connectivity index (χ0n) is 11.7. The van der Waals surface area contributed by atoms with Crippen LogP contribution in [-0.2, 0) is 0 Å². The minimum atomic E-state index is 0.764. The lowest BCUT2D eigenvalue weighted by Crippen LogP contribution is -2.18. The van der Waals surface area contributed by atoms with Gasteiger partial charge in [0.25, 0.3) is 0 Å². The zero-order valence-corrected chi connectivity index (χ0v) is 11.7. The number of nitrogens with zero attached hydrogens (tertiary/aromatic N) is 1. The van der Waals surface area contributed by atoms with Crippen molar-refractivity contribution in [3.63, 3.8) is 0 Å². The second-order valence-corrected chi connectivity index (χ2v) is 5.14. The predicted molar refractivity (Wildman–Crippen MR) is 87.2 cm³/mol. The maximum absolute atomic E-state index is 5.60. The van der Waals surface area contributed by atoms with Crippen LogP contribution < -0.4 is 16.0 Å². The summed E-state index contributed by atoms with van der Waals surface area (Å²) in [5, 5.41) is 6.10. The Morgan fingerprint density at radius 2 is 2.00 bits per heavy atom. The van der Waals surface area contributed by atoms with E-state index in [0.717, 1.165) is 32.5 Å². The molecular weight excluding hydrogens is 246 g/mol. The third-order valence-corrected chi connectivity index (χ3v) is 3.75. The molecule has 2 aromatic carbocycles. The molecule has 1 aliphatic heterocycles. The molecule has 1 heterocycles. The number of unbranched alkanes of at least 4 members (excludes halogenated alkanes) is 1. The monoisotopic (exact) mass is 267 g/mol. The first-order valence-electron chi connectivity index (χ1n) is 7.29. The van der Waals surface area contributed by atoms with Gasteiger partial charge in [-0.2, -0.15) is 0 Å². The van der Waals surface area contributed by atoms with Crippen LogP contribution in [0.25, 0.3) is 10.8 Å². The zero-order chi connectivity index (χ0) is 13.8. The largest absolute Gasteiger partial charge is 0.379 e. The molecule has 3 N–H and O–H groups in total. The molecule has 3 rings (SSSR count). The molecule has 0 radical (unpaired) electrons. The van der Waals surface area contributed by atoms with E-state index in [1.54, 1.807) is 0 Å². The maximum Gasteiger partial charge on any atom is 0.0663 e. The second kappa shape index (κ2) is 5.97. The molecule has 2 aromatic rings. The van der Waals surface area contributed by atoms with Crippen LogP contribution in [0.1, 0.15) is 12.8 Å².